The minimum atomic E-state index is 0.222. The highest BCUT2D eigenvalue weighted by molar-refractivity contribution is 5.10. The monoisotopic (exact) mass is 216 g/mol. The Kier molecular flexibility index (Phi) is 3.31. The molecule has 0 saturated heterocycles. The average Bonchev–Trinajstić information content (AvgIpc) is 2.83. The highest BCUT2D eigenvalue weighted by Crippen LogP contribution is 2.15. The Labute approximate surface area is 95.1 Å². The van der Waals surface area contributed by atoms with E-state index in [-0.39, 0.29) is 12.1 Å². The molecule has 2 N–H and O–H groups in total. The summed E-state index contributed by atoms with van der Waals surface area (Å²) in [7, 11) is 0. The Bertz CT molecular complexity index is 410. The Morgan fingerprint density at radius 2 is 2.00 bits per heavy atom. The third-order valence-electron chi connectivity index (χ3n) is 2.62. The fourth-order valence-electron chi connectivity index (χ4n) is 1.69. The predicted octanol–water partition coefficient (Wildman–Crippen LogP) is 2.22. The maximum Gasteiger partial charge on any atom is 0.0570 e. The van der Waals surface area contributed by atoms with Gasteiger partial charge in [0, 0.05) is 24.5 Å². The zero-order valence-corrected chi connectivity index (χ0v) is 9.51. The second kappa shape index (κ2) is 4.90. The van der Waals surface area contributed by atoms with Crippen molar-refractivity contribution in [2.45, 2.75) is 25.9 Å². The smallest absolute Gasteiger partial charge is 0.0570 e. The van der Waals surface area contributed by atoms with E-state index in [1.165, 1.54) is 0 Å². The van der Waals surface area contributed by atoms with Crippen LogP contribution in [0.1, 0.15) is 37.3 Å². The normalized spacial score (nSPS) is 14.6. The van der Waals surface area contributed by atoms with E-state index in [2.05, 4.69) is 34.3 Å². The summed E-state index contributed by atoms with van der Waals surface area (Å²) in [6.45, 7) is 4.21. The van der Waals surface area contributed by atoms with E-state index >= 15 is 0 Å². The molecule has 0 aliphatic rings. The van der Waals surface area contributed by atoms with Gasteiger partial charge in [0.15, 0.2) is 0 Å². The molecule has 2 aromatic rings. The minimum Gasteiger partial charge on any atom is -0.301 e. The summed E-state index contributed by atoms with van der Waals surface area (Å²) in [6, 6.07) is 8.38. The molecule has 4 nitrogen and oxygen atoms in total. The van der Waals surface area contributed by atoms with Gasteiger partial charge in [-0.05, 0) is 32.0 Å². The van der Waals surface area contributed by atoms with Crippen LogP contribution in [0.3, 0.4) is 0 Å². The van der Waals surface area contributed by atoms with Crippen molar-refractivity contribution in [3.8, 4) is 0 Å². The third kappa shape index (κ3) is 2.46. The molecule has 0 spiro atoms. The molecule has 2 rings (SSSR count). The quantitative estimate of drug-likeness (QED) is 0.824. The summed E-state index contributed by atoms with van der Waals surface area (Å²) in [5.41, 5.74) is 2.14. The summed E-state index contributed by atoms with van der Waals surface area (Å²) < 4.78 is 0. The molecule has 2 heterocycles. The third-order valence-corrected chi connectivity index (χ3v) is 2.62. The molecular formula is C12H16N4. The number of nitrogens with zero attached hydrogens (tertiary/aromatic N) is 2. The Morgan fingerprint density at radius 3 is 2.62 bits per heavy atom. The lowest BCUT2D eigenvalue weighted by Crippen LogP contribution is -2.23. The van der Waals surface area contributed by atoms with Crippen LogP contribution in [0.25, 0.3) is 0 Å². The molecule has 1 unspecified atom stereocenters. The highest BCUT2D eigenvalue weighted by atomic mass is 15.1. The van der Waals surface area contributed by atoms with Gasteiger partial charge in [-0.3, -0.25) is 10.1 Å². The maximum atomic E-state index is 4.32. The fraction of sp³-hybridized carbons (Fsp3) is 0.333. The van der Waals surface area contributed by atoms with Crippen LogP contribution < -0.4 is 5.32 Å². The van der Waals surface area contributed by atoms with E-state index in [0.717, 1.165) is 11.4 Å². The van der Waals surface area contributed by atoms with Crippen molar-refractivity contribution in [3.05, 3.63) is 48.0 Å². The van der Waals surface area contributed by atoms with Crippen molar-refractivity contribution >= 4 is 0 Å². The van der Waals surface area contributed by atoms with Gasteiger partial charge in [0.25, 0.3) is 0 Å². The van der Waals surface area contributed by atoms with Gasteiger partial charge in [0.05, 0.1) is 11.4 Å². The second-order valence-electron chi connectivity index (χ2n) is 3.88. The van der Waals surface area contributed by atoms with Crippen molar-refractivity contribution in [2.24, 2.45) is 0 Å². The zero-order chi connectivity index (χ0) is 11.4. The minimum absolute atomic E-state index is 0.222. The first-order valence-electron chi connectivity index (χ1n) is 5.43. The SMILES string of the molecule is CC(N[C@H](C)c1ccccn1)c1ccn[nH]1. The van der Waals surface area contributed by atoms with Crippen molar-refractivity contribution in [3.63, 3.8) is 0 Å². The van der Waals surface area contributed by atoms with E-state index in [0.29, 0.717) is 0 Å². The fourth-order valence-corrected chi connectivity index (χ4v) is 1.69. The first kappa shape index (κ1) is 10.8. The van der Waals surface area contributed by atoms with Gasteiger partial charge in [-0.25, -0.2) is 0 Å². The Hall–Kier alpha value is -1.68. The lowest BCUT2D eigenvalue weighted by atomic mass is 10.1. The number of aromatic amines is 1. The van der Waals surface area contributed by atoms with Crippen LogP contribution in [0.4, 0.5) is 0 Å². The molecule has 2 aromatic heterocycles. The predicted molar refractivity (Wildman–Crippen MR) is 62.8 cm³/mol. The molecule has 0 fully saturated rings. The molecule has 16 heavy (non-hydrogen) atoms. The maximum absolute atomic E-state index is 4.32. The number of H-pyrrole nitrogens is 1. The van der Waals surface area contributed by atoms with Crippen LogP contribution in [0.5, 0.6) is 0 Å². The Balaban J connectivity index is 2.00. The zero-order valence-electron chi connectivity index (χ0n) is 9.51. The van der Waals surface area contributed by atoms with Crippen LogP contribution in [0.15, 0.2) is 36.7 Å². The van der Waals surface area contributed by atoms with E-state index < -0.39 is 0 Å². The lowest BCUT2D eigenvalue weighted by molar-refractivity contribution is 0.478. The molecule has 0 bridgehead atoms. The number of hydrogen-bond acceptors (Lipinski definition) is 3. The van der Waals surface area contributed by atoms with E-state index in [4.69, 9.17) is 0 Å². The van der Waals surface area contributed by atoms with Crippen molar-refractivity contribution in [1.29, 1.82) is 0 Å². The van der Waals surface area contributed by atoms with Crippen molar-refractivity contribution in [2.75, 3.05) is 0 Å². The largest absolute Gasteiger partial charge is 0.301 e. The molecule has 0 saturated carbocycles. The molecular weight excluding hydrogens is 200 g/mol. The van der Waals surface area contributed by atoms with Gasteiger partial charge >= 0.3 is 0 Å². The first-order valence-corrected chi connectivity index (χ1v) is 5.43. The molecule has 0 aliphatic heterocycles. The Morgan fingerprint density at radius 1 is 1.12 bits per heavy atom. The topological polar surface area (TPSA) is 53.6 Å². The summed E-state index contributed by atoms with van der Waals surface area (Å²) in [5, 5.41) is 10.4. The van der Waals surface area contributed by atoms with Gasteiger partial charge < -0.3 is 5.32 Å². The summed E-state index contributed by atoms with van der Waals surface area (Å²) >= 11 is 0. The molecule has 0 aliphatic carbocycles. The van der Waals surface area contributed by atoms with E-state index in [9.17, 15) is 0 Å². The average molecular weight is 216 g/mol. The first-order chi connectivity index (χ1) is 7.77. The lowest BCUT2D eigenvalue weighted by Gasteiger charge is -2.18. The van der Waals surface area contributed by atoms with Gasteiger partial charge in [-0.15, -0.1) is 0 Å². The number of aromatic nitrogens is 3. The van der Waals surface area contributed by atoms with Gasteiger partial charge in [0.1, 0.15) is 0 Å². The van der Waals surface area contributed by atoms with Crippen molar-refractivity contribution in [1.82, 2.24) is 20.5 Å². The van der Waals surface area contributed by atoms with Crippen LogP contribution in [0, 0.1) is 0 Å². The van der Waals surface area contributed by atoms with Crippen LogP contribution >= 0.6 is 0 Å². The van der Waals surface area contributed by atoms with Crippen LogP contribution in [0.2, 0.25) is 0 Å². The summed E-state index contributed by atoms with van der Waals surface area (Å²) in [6.07, 6.45) is 3.58. The highest BCUT2D eigenvalue weighted by Gasteiger charge is 2.12. The second-order valence-corrected chi connectivity index (χ2v) is 3.88. The number of pyridine rings is 1. The molecule has 84 valence electrons. The standard InChI is InChI=1S/C12H16N4/c1-9(11-5-3-4-7-13-11)15-10(2)12-6-8-14-16-12/h3-10,15H,1-2H3,(H,14,16)/t9-,10?/m1/s1. The van der Waals surface area contributed by atoms with E-state index in [1.54, 1.807) is 6.20 Å². The molecule has 2 atom stereocenters. The van der Waals surface area contributed by atoms with Gasteiger partial charge in [-0.2, -0.15) is 5.10 Å². The number of hydrogen-bond donors (Lipinski definition) is 2. The van der Waals surface area contributed by atoms with Crippen molar-refractivity contribution < 1.29 is 0 Å². The van der Waals surface area contributed by atoms with Crippen LogP contribution in [-0.4, -0.2) is 15.2 Å². The van der Waals surface area contributed by atoms with E-state index in [1.807, 2.05) is 30.5 Å². The molecule has 4 heteroatoms. The van der Waals surface area contributed by atoms with Gasteiger partial charge in [0.2, 0.25) is 0 Å². The summed E-state index contributed by atoms with van der Waals surface area (Å²) in [5.74, 6) is 0. The summed E-state index contributed by atoms with van der Waals surface area (Å²) in [4.78, 5) is 4.32. The molecule has 0 amide bonds. The van der Waals surface area contributed by atoms with Gasteiger partial charge in [-0.1, -0.05) is 6.07 Å². The molecule has 0 radical (unpaired) electrons. The van der Waals surface area contributed by atoms with Crippen LogP contribution in [-0.2, 0) is 0 Å². The number of nitrogens with one attached hydrogen (secondary N) is 2. The number of rotatable bonds is 4. The molecule has 0 aromatic carbocycles.